The van der Waals surface area contributed by atoms with Gasteiger partial charge in [-0.3, -0.25) is 4.79 Å². The molecule has 20 heavy (non-hydrogen) atoms. The molecule has 0 fully saturated rings. The number of carboxylic acids is 1. The third-order valence-electron chi connectivity index (χ3n) is 2.61. The summed E-state index contributed by atoms with van der Waals surface area (Å²) in [6.45, 7) is 1.83. The fourth-order valence-corrected chi connectivity index (χ4v) is 1.49. The zero-order valence-electron chi connectivity index (χ0n) is 11.3. The van der Waals surface area contributed by atoms with E-state index in [0.29, 0.717) is 6.42 Å². The van der Waals surface area contributed by atoms with Crippen molar-refractivity contribution in [3.8, 4) is 5.75 Å². The standard InChI is InChI=1S/C14H18FNO4/c1-2-3-4-13(17)16-9-12(14(18)19)20-11-7-5-10(15)6-8-11/h5-8,12H,2-4,9H2,1H3,(H,16,17)(H,18,19). The van der Waals surface area contributed by atoms with Gasteiger partial charge in [0, 0.05) is 6.42 Å². The maximum absolute atomic E-state index is 12.7. The molecule has 0 spiro atoms. The number of carbonyl (C=O) groups excluding carboxylic acids is 1. The Hall–Kier alpha value is -2.11. The van der Waals surface area contributed by atoms with Crippen LogP contribution < -0.4 is 10.1 Å². The summed E-state index contributed by atoms with van der Waals surface area (Å²) >= 11 is 0. The van der Waals surface area contributed by atoms with E-state index in [-0.39, 0.29) is 18.2 Å². The van der Waals surface area contributed by atoms with Crippen LogP contribution in [0.5, 0.6) is 5.75 Å². The van der Waals surface area contributed by atoms with Crippen molar-refractivity contribution in [1.82, 2.24) is 5.32 Å². The molecule has 2 N–H and O–H groups in total. The Morgan fingerprint density at radius 1 is 1.35 bits per heavy atom. The van der Waals surface area contributed by atoms with E-state index in [2.05, 4.69) is 5.32 Å². The van der Waals surface area contributed by atoms with E-state index in [1.165, 1.54) is 24.3 Å². The maximum atomic E-state index is 12.7. The lowest BCUT2D eigenvalue weighted by Gasteiger charge is -2.15. The molecular weight excluding hydrogens is 265 g/mol. The van der Waals surface area contributed by atoms with Gasteiger partial charge in [-0.15, -0.1) is 0 Å². The molecule has 1 aromatic carbocycles. The van der Waals surface area contributed by atoms with Crippen LogP contribution in [0.3, 0.4) is 0 Å². The quantitative estimate of drug-likeness (QED) is 0.764. The van der Waals surface area contributed by atoms with Crippen molar-refractivity contribution in [1.29, 1.82) is 0 Å². The molecule has 0 aliphatic carbocycles. The van der Waals surface area contributed by atoms with Crippen LogP contribution in [0, 0.1) is 5.82 Å². The average Bonchev–Trinajstić information content (AvgIpc) is 2.42. The first-order valence-electron chi connectivity index (χ1n) is 6.44. The molecule has 0 radical (unpaired) electrons. The second-order valence-electron chi connectivity index (χ2n) is 4.31. The number of carbonyl (C=O) groups is 2. The first-order valence-corrected chi connectivity index (χ1v) is 6.44. The topological polar surface area (TPSA) is 75.6 Å². The number of hydrogen-bond donors (Lipinski definition) is 2. The van der Waals surface area contributed by atoms with E-state index < -0.39 is 17.9 Å². The minimum absolute atomic E-state index is 0.130. The van der Waals surface area contributed by atoms with Crippen molar-refractivity contribution in [2.24, 2.45) is 0 Å². The molecular formula is C14H18FNO4. The Kier molecular flexibility index (Phi) is 6.49. The van der Waals surface area contributed by atoms with Crippen LogP contribution in [0.2, 0.25) is 0 Å². The Balaban J connectivity index is 2.50. The molecule has 0 bridgehead atoms. The van der Waals surface area contributed by atoms with E-state index in [0.717, 1.165) is 12.8 Å². The van der Waals surface area contributed by atoms with Crippen LogP contribution in [0.1, 0.15) is 26.2 Å². The molecule has 0 aliphatic rings. The molecule has 1 aromatic rings. The highest BCUT2D eigenvalue weighted by Gasteiger charge is 2.20. The fourth-order valence-electron chi connectivity index (χ4n) is 1.49. The predicted octanol–water partition coefficient (Wildman–Crippen LogP) is 1.96. The summed E-state index contributed by atoms with van der Waals surface area (Å²) in [5, 5.41) is 11.5. The zero-order chi connectivity index (χ0) is 15.0. The van der Waals surface area contributed by atoms with E-state index >= 15 is 0 Å². The van der Waals surface area contributed by atoms with Crippen molar-refractivity contribution in [2.75, 3.05) is 6.54 Å². The number of benzene rings is 1. The fraction of sp³-hybridized carbons (Fsp3) is 0.429. The first kappa shape index (κ1) is 15.9. The number of amides is 1. The van der Waals surface area contributed by atoms with E-state index in [1.54, 1.807) is 0 Å². The number of carboxylic acid groups (broad SMARTS) is 1. The molecule has 110 valence electrons. The predicted molar refractivity (Wildman–Crippen MR) is 71.0 cm³/mol. The molecule has 1 atom stereocenters. The third-order valence-corrected chi connectivity index (χ3v) is 2.61. The van der Waals surface area contributed by atoms with E-state index in [9.17, 15) is 14.0 Å². The lowest BCUT2D eigenvalue weighted by Crippen LogP contribution is -2.40. The van der Waals surface area contributed by atoms with Crippen LogP contribution in [0.4, 0.5) is 4.39 Å². The third kappa shape index (κ3) is 5.69. The molecule has 1 amide bonds. The van der Waals surface area contributed by atoms with Gasteiger partial charge in [-0.25, -0.2) is 9.18 Å². The summed E-state index contributed by atoms with van der Waals surface area (Å²) in [7, 11) is 0. The summed E-state index contributed by atoms with van der Waals surface area (Å²) in [5.41, 5.74) is 0. The summed E-state index contributed by atoms with van der Waals surface area (Å²) in [4.78, 5) is 22.5. The second kappa shape index (κ2) is 8.14. The number of unbranched alkanes of at least 4 members (excludes halogenated alkanes) is 1. The van der Waals surface area contributed by atoms with Gasteiger partial charge >= 0.3 is 5.97 Å². The van der Waals surface area contributed by atoms with Gasteiger partial charge in [-0.05, 0) is 30.7 Å². The number of ether oxygens (including phenoxy) is 1. The largest absolute Gasteiger partial charge is 0.478 e. The van der Waals surface area contributed by atoms with Crippen molar-refractivity contribution >= 4 is 11.9 Å². The zero-order valence-corrected chi connectivity index (χ0v) is 11.3. The van der Waals surface area contributed by atoms with Crippen molar-refractivity contribution in [2.45, 2.75) is 32.3 Å². The molecule has 6 heteroatoms. The highest BCUT2D eigenvalue weighted by atomic mass is 19.1. The molecule has 0 saturated heterocycles. The Morgan fingerprint density at radius 3 is 2.55 bits per heavy atom. The van der Waals surface area contributed by atoms with Crippen LogP contribution in [-0.2, 0) is 9.59 Å². The van der Waals surface area contributed by atoms with Crippen LogP contribution in [-0.4, -0.2) is 29.6 Å². The number of rotatable bonds is 8. The number of nitrogens with one attached hydrogen (secondary N) is 1. The van der Waals surface area contributed by atoms with Gasteiger partial charge in [0.1, 0.15) is 11.6 Å². The molecule has 0 aliphatic heterocycles. The summed E-state index contributed by atoms with van der Waals surface area (Å²) in [6, 6.07) is 5.02. The summed E-state index contributed by atoms with van der Waals surface area (Å²) in [5.74, 6) is -1.59. The highest BCUT2D eigenvalue weighted by Crippen LogP contribution is 2.13. The molecule has 0 heterocycles. The van der Waals surface area contributed by atoms with Gasteiger partial charge in [-0.1, -0.05) is 13.3 Å². The average molecular weight is 283 g/mol. The van der Waals surface area contributed by atoms with Crippen LogP contribution >= 0.6 is 0 Å². The minimum Gasteiger partial charge on any atom is -0.478 e. The number of halogens is 1. The van der Waals surface area contributed by atoms with Crippen LogP contribution in [0.25, 0.3) is 0 Å². The highest BCUT2D eigenvalue weighted by molar-refractivity contribution is 5.78. The van der Waals surface area contributed by atoms with Gasteiger partial charge in [0.15, 0.2) is 0 Å². The molecule has 1 rings (SSSR count). The second-order valence-corrected chi connectivity index (χ2v) is 4.31. The Bertz CT molecular complexity index is 447. The number of hydrogen-bond acceptors (Lipinski definition) is 3. The Morgan fingerprint density at radius 2 is 2.00 bits per heavy atom. The first-order chi connectivity index (χ1) is 9.52. The molecule has 0 saturated carbocycles. The van der Waals surface area contributed by atoms with Gasteiger partial charge in [-0.2, -0.15) is 0 Å². The number of aliphatic carboxylic acids is 1. The molecule has 5 nitrogen and oxygen atoms in total. The molecule has 0 aromatic heterocycles. The monoisotopic (exact) mass is 283 g/mol. The molecule has 1 unspecified atom stereocenters. The van der Waals surface area contributed by atoms with Gasteiger partial charge in [0.05, 0.1) is 6.54 Å². The van der Waals surface area contributed by atoms with Gasteiger partial charge in [0.2, 0.25) is 12.0 Å². The van der Waals surface area contributed by atoms with E-state index in [1.807, 2.05) is 6.92 Å². The summed E-state index contributed by atoms with van der Waals surface area (Å²) < 4.78 is 17.9. The lowest BCUT2D eigenvalue weighted by atomic mass is 10.2. The SMILES string of the molecule is CCCCC(=O)NCC(Oc1ccc(F)cc1)C(=O)O. The maximum Gasteiger partial charge on any atom is 0.346 e. The smallest absolute Gasteiger partial charge is 0.346 e. The normalized spacial score (nSPS) is 11.7. The van der Waals surface area contributed by atoms with Gasteiger partial charge in [0.25, 0.3) is 0 Å². The Labute approximate surface area is 116 Å². The van der Waals surface area contributed by atoms with Crippen LogP contribution in [0.15, 0.2) is 24.3 Å². The lowest BCUT2D eigenvalue weighted by molar-refractivity contribution is -0.145. The minimum atomic E-state index is -1.20. The summed E-state index contributed by atoms with van der Waals surface area (Å²) in [6.07, 6.45) is 0.801. The van der Waals surface area contributed by atoms with E-state index in [4.69, 9.17) is 9.84 Å². The van der Waals surface area contributed by atoms with Crippen molar-refractivity contribution in [3.05, 3.63) is 30.1 Å². The van der Waals surface area contributed by atoms with Gasteiger partial charge < -0.3 is 15.2 Å². The van der Waals surface area contributed by atoms with Crippen molar-refractivity contribution in [3.63, 3.8) is 0 Å². The van der Waals surface area contributed by atoms with Crippen molar-refractivity contribution < 1.29 is 23.8 Å².